The molecule has 3 aliphatic heterocycles. The minimum atomic E-state index is 0.180. The van der Waals surface area contributed by atoms with E-state index in [0.717, 1.165) is 74.7 Å². The van der Waals surface area contributed by atoms with E-state index < -0.39 is 0 Å². The molecule has 0 unspecified atom stereocenters. The Morgan fingerprint density at radius 3 is 2.76 bits per heavy atom. The first kappa shape index (κ1) is 22.6. The number of hydrogen-bond donors (Lipinski definition) is 1. The molecule has 7 nitrogen and oxygen atoms in total. The largest absolute Gasteiger partial charge is 0.381 e. The van der Waals surface area contributed by atoms with Crippen LogP contribution in [0.25, 0.3) is 0 Å². The molecular weight excluding hydrogens is 438 g/mol. The number of halogens is 1. The van der Waals surface area contributed by atoms with Gasteiger partial charge in [0.25, 0.3) is 0 Å². The summed E-state index contributed by atoms with van der Waals surface area (Å²) in [5.41, 5.74) is 3.35. The average Bonchev–Trinajstić information content (AvgIpc) is 2.85. The standard InChI is InChI=1S/C25H32ClN5O2/c26-20-6-4-18(5-7-20)23-3-1-2-11-30(23)17-24(32)31-12-8-19-15-27-25(29-22(19)16-31)28-21-9-13-33-14-10-21/h4-7,15,21,23H,1-3,8-14,16-17H2,(H,27,28,29)/t23-/m1/s1. The van der Waals surface area contributed by atoms with Crippen molar-refractivity contribution in [2.45, 2.75) is 57.2 Å². The fraction of sp³-hybridized carbons (Fsp3) is 0.560. The molecule has 5 rings (SSSR count). The summed E-state index contributed by atoms with van der Waals surface area (Å²) in [6, 6.07) is 8.70. The first-order chi connectivity index (χ1) is 16.2. The summed E-state index contributed by atoms with van der Waals surface area (Å²) in [6.07, 6.45) is 8.06. The van der Waals surface area contributed by atoms with Gasteiger partial charge in [-0.2, -0.15) is 0 Å². The molecule has 1 aromatic heterocycles. The maximum Gasteiger partial charge on any atom is 0.237 e. The third kappa shape index (κ3) is 5.48. The van der Waals surface area contributed by atoms with Crippen molar-refractivity contribution in [3.63, 3.8) is 0 Å². The molecule has 0 spiro atoms. The van der Waals surface area contributed by atoms with Crippen LogP contribution in [0.15, 0.2) is 30.5 Å². The second kappa shape index (κ2) is 10.4. The molecule has 0 radical (unpaired) electrons. The molecule has 0 saturated carbocycles. The van der Waals surface area contributed by atoms with Gasteiger partial charge < -0.3 is 15.0 Å². The molecule has 4 heterocycles. The zero-order chi connectivity index (χ0) is 22.6. The van der Waals surface area contributed by atoms with E-state index in [1.165, 1.54) is 12.0 Å². The number of aromatic nitrogens is 2. The van der Waals surface area contributed by atoms with Crippen molar-refractivity contribution in [3.8, 4) is 0 Å². The number of carbonyl (C=O) groups is 1. The summed E-state index contributed by atoms with van der Waals surface area (Å²) in [5, 5.41) is 4.19. The van der Waals surface area contributed by atoms with E-state index in [-0.39, 0.29) is 11.9 Å². The van der Waals surface area contributed by atoms with Gasteiger partial charge in [0.05, 0.1) is 18.8 Å². The second-order valence-corrected chi connectivity index (χ2v) is 9.73. The first-order valence-corrected chi connectivity index (χ1v) is 12.5. The van der Waals surface area contributed by atoms with Crippen LogP contribution in [0.4, 0.5) is 5.95 Å². The van der Waals surface area contributed by atoms with Crippen LogP contribution in [0.5, 0.6) is 0 Å². The van der Waals surface area contributed by atoms with Gasteiger partial charge in [0.1, 0.15) is 0 Å². The van der Waals surface area contributed by atoms with E-state index in [1.54, 1.807) is 0 Å². The van der Waals surface area contributed by atoms with Crippen LogP contribution in [0, 0.1) is 0 Å². The summed E-state index contributed by atoms with van der Waals surface area (Å²) in [4.78, 5) is 26.9. The summed E-state index contributed by atoms with van der Waals surface area (Å²) in [7, 11) is 0. The number of anilines is 1. The van der Waals surface area contributed by atoms with Crippen molar-refractivity contribution in [1.82, 2.24) is 19.8 Å². The Hall–Kier alpha value is -2.22. The highest BCUT2D eigenvalue weighted by Gasteiger charge is 2.29. The van der Waals surface area contributed by atoms with Crippen LogP contribution in [-0.2, 0) is 22.5 Å². The molecule has 2 fully saturated rings. The third-order valence-corrected chi connectivity index (χ3v) is 7.31. The van der Waals surface area contributed by atoms with Crippen molar-refractivity contribution in [1.29, 1.82) is 0 Å². The Balaban J connectivity index is 1.23. The van der Waals surface area contributed by atoms with Gasteiger partial charge >= 0.3 is 0 Å². The number of rotatable bonds is 5. The smallest absolute Gasteiger partial charge is 0.237 e. The molecule has 0 aliphatic carbocycles. The SMILES string of the molecule is O=C(CN1CCCC[C@@H]1c1ccc(Cl)cc1)N1CCc2cnc(NC3CCOCC3)nc2C1. The van der Waals surface area contributed by atoms with E-state index in [2.05, 4.69) is 27.3 Å². The number of piperidine rings is 1. The summed E-state index contributed by atoms with van der Waals surface area (Å²) in [6.45, 7) is 4.22. The highest BCUT2D eigenvalue weighted by Crippen LogP contribution is 2.31. The summed E-state index contributed by atoms with van der Waals surface area (Å²) >= 11 is 6.08. The second-order valence-electron chi connectivity index (χ2n) is 9.30. The Morgan fingerprint density at radius 1 is 1.12 bits per heavy atom. The lowest BCUT2D eigenvalue weighted by atomic mass is 9.95. The molecule has 33 heavy (non-hydrogen) atoms. The number of hydrogen-bond acceptors (Lipinski definition) is 6. The third-order valence-electron chi connectivity index (χ3n) is 7.06. The van der Waals surface area contributed by atoms with E-state index in [4.69, 9.17) is 21.3 Å². The minimum absolute atomic E-state index is 0.180. The van der Waals surface area contributed by atoms with Crippen LogP contribution in [0.3, 0.4) is 0 Å². The Labute approximate surface area is 200 Å². The van der Waals surface area contributed by atoms with E-state index in [9.17, 15) is 4.79 Å². The van der Waals surface area contributed by atoms with Gasteiger partial charge in [-0.25, -0.2) is 9.97 Å². The molecule has 176 valence electrons. The van der Waals surface area contributed by atoms with E-state index in [0.29, 0.717) is 25.1 Å². The Bertz CT molecular complexity index is 964. The first-order valence-electron chi connectivity index (χ1n) is 12.1. The number of nitrogens with zero attached hydrogens (tertiary/aromatic N) is 4. The number of amides is 1. The lowest BCUT2D eigenvalue weighted by molar-refractivity contribution is -0.134. The van der Waals surface area contributed by atoms with Crippen molar-refractivity contribution in [2.24, 2.45) is 0 Å². The van der Waals surface area contributed by atoms with Gasteiger partial charge in [-0.3, -0.25) is 9.69 Å². The van der Waals surface area contributed by atoms with Crippen LogP contribution in [-0.4, -0.2) is 64.6 Å². The fourth-order valence-electron chi connectivity index (χ4n) is 5.13. The topological polar surface area (TPSA) is 70.6 Å². The van der Waals surface area contributed by atoms with Gasteiger partial charge in [0, 0.05) is 43.1 Å². The average molecular weight is 470 g/mol. The molecule has 1 aromatic carbocycles. The molecule has 1 amide bonds. The molecule has 1 N–H and O–H groups in total. The normalized spacial score (nSPS) is 22.1. The zero-order valence-corrected chi connectivity index (χ0v) is 19.8. The van der Waals surface area contributed by atoms with E-state index in [1.807, 2.05) is 23.2 Å². The van der Waals surface area contributed by atoms with Crippen molar-refractivity contribution >= 4 is 23.5 Å². The maximum absolute atomic E-state index is 13.3. The summed E-state index contributed by atoms with van der Waals surface area (Å²) in [5.74, 6) is 0.841. The molecule has 2 saturated heterocycles. The predicted molar refractivity (Wildman–Crippen MR) is 128 cm³/mol. The lowest BCUT2D eigenvalue weighted by Crippen LogP contribution is -2.45. The van der Waals surface area contributed by atoms with Crippen molar-refractivity contribution in [3.05, 3.63) is 52.3 Å². The van der Waals surface area contributed by atoms with Crippen molar-refractivity contribution < 1.29 is 9.53 Å². The molecular formula is C25H32ClN5O2. The highest BCUT2D eigenvalue weighted by atomic mass is 35.5. The quantitative estimate of drug-likeness (QED) is 0.717. The lowest BCUT2D eigenvalue weighted by Gasteiger charge is -2.37. The molecule has 2 aromatic rings. The van der Waals surface area contributed by atoms with Crippen LogP contribution in [0.2, 0.25) is 5.02 Å². The Morgan fingerprint density at radius 2 is 1.94 bits per heavy atom. The number of fused-ring (bicyclic) bond motifs is 1. The van der Waals surface area contributed by atoms with Crippen LogP contribution < -0.4 is 5.32 Å². The monoisotopic (exact) mass is 469 g/mol. The highest BCUT2D eigenvalue weighted by molar-refractivity contribution is 6.30. The van der Waals surface area contributed by atoms with Crippen LogP contribution >= 0.6 is 11.6 Å². The van der Waals surface area contributed by atoms with Gasteiger partial charge in [-0.05, 0) is 61.9 Å². The Kier molecular flexibility index (Phi) is 7.09. The maximum atomic E-state index is 13.3. The number of carbonyl (C=O) groups excluding carboxylic acids is 1. The minimum Gasteiger partial charge on any atom is -0.381 e. The van der Waals surface area contributed by atoms with E-state index >= 15 is 0 Å². The number of ether oxygens (including phenoxy) is 1. The number of nitrogens with one attached hydrogen (secondary N) is 1. The molecule has 1 atom stereocenters. The van der Waals surface area contributed by atoms with Crippen LogP contribution in [0.1, 0.15) is 55.0 Å². The van der Waals surface area contributed by atoms with Gasteiger partial charge in [0.2, 0.25) is 11.9 Å². The van der Waals surface area contributed by atoms with Gasteiger partial charge in [-0.1, -0.05) is 30.2 Å². The molecule has 8 heteroatoms. The molecule has 3 aliphatic rings. The summed E-state index contributed by atoms with van der Waals surface area (Å²) < 4.78 is 5.44. The fourth-order valence-corrected chi connectivity index (χ4v) is 5.25. The van der Waals surface area contributed by atoms with Gasteiger partial charge in [0.15, 0.2) is 0 Å². The number of likely N-dealkylation sites (tertiary alicyclic amines) is 1. The van der Waals surface area contributed by atoms with Crippen molar-refractivity contribution in [2.75, 3.05) is 38.2 Å². The van der Waals surface area contributed by atoms with Gasteiger partial charge in [-0.15, -0.1) is 0 Å². The predicted octanol–water partition coefficient (Wildman–Crippen LogP) is 3.83. The zero-order valence-electron chi connectivity index (χ0n) is 19.0. The molecule has 0 bridgehead atoms. The number of benzene rings is 1.